The predicted molar refractivity (Wildman–Crippen MR) is 55.3 cm³/mol. The number of carbonyl (C=O) groups is 2. The zero-order valence-corrected chi connectivity index (χ0v) is 8.74. The molecule has 1 saturated carbocycles. The number of carboxylic acid groups (broad SMARTS) is 1. The van der Waals surface area contributed by atoms with Crippen LogP contribution >= 0.6 is 0 Å². The second-order valence-corrected chi connectivity index (χ2v) is 4.14. The number of hydrogen-bond acceptors (Lipinski definition) is 2. The first-order valence-corrected chi connectivity index (χ1v) is 5.38. The molecule has 0 aliphatic heterocycles. The van der Waals surface area contributed by atoms with Crippen molar-refractivity contribution in [2.45, 2.75) is 44.6 Å². The van der Waals surface area contributed by atoms with Gasteiger partial charge < -0.3 is 16.2 Å². The molecule has 0 aromatic carbocycles. The van der Waals surface area contributed by atoms with Crippen LogP contribution in [0.5, 0.6) is 0 Å². The summed E-state index contributed by atoms with van der Waals surface area (Å²) in [5, 5.41) is 10.7. The molecule has 2 amide bonds. The highest BCUT2D eigenvalue weighted by Crippen LogP contribution is 2.27. The van der Waals surface area contributed by atoms with Crippen molar-refractivity contribution < 1.29 is 14.7 Å². The molecule has 0 bridgehead atoms. The van der Waals surface area contributed by atoms with Gasteiger partial charge in [-0.05, 0) is 12.3 Å². The Kier molecular flexibility index (Phi) is 4.39. The van der Waals surface area contributed by atoms with E-state index in [1.807, 2.05) is 0 Å². The first-order chi connectivity index (χ1) is 7.09. The average Bonchev–Trinajstić information content (AvgIpc) is 2.17. The van der Waals surface area contributed by atoms with Crippen molar-refractivity contribution in [3.63, 3.8) is 0 Å². The molecule has 0 heterocycles. The zero-order chi connectivity index (χ0) is 11.3. The number of amides is 2. The number of nitrogens with two attached hydrogens (primary N) is 1. The van der Waals surface area contributed by atoms with Gasteiger partial charge >= 0.3 is 6.09 Å². The Morgan fingerprint density at radius 3 is 2.40 bits per heavy atom. The van der Waals surface area contributed by atoms with Gasteiger partial charge in [0.2, 0.25) is 5.91 Å². The van der Waals surface area contributed by atoms with Crippen LogP contribution in [0, 0.1) is 5.92 Å². The molecule has 0 aromatic rings. The topological polar surface area (TPSA) is 92.4 Å². The van der Waals surface area contributed by atoms with E-state index in [0.717, 1.165) is 12.8 Å². The summed E-state index contributed by atoms with van der Waals surface area (Å²) in [6, 6.07) is -0.731. The van der Waals surface area contributed by atoms with E-state index >= 15 is 0 Å². The molecule has 0 spiro atoms. The summed E-state index contributed by atoms with van der Waals surface area (Å²) in [6.07, 6.45) is 5.09. The van der Waals surface area contributed by atoms with Crippen LogP contribution in [0.15, 0.2) is 0 Å². The van der Waals surface area contributed by atoms with E-state index in [0.29, 0.717) is 12.3 Å². The minimum Gasteiger partial charge on any atom is -0.465 e. The summed E-state index contributed by atoms with van der Waals surface area (Å²) in [5.41, 5.74) is 5.14. The van der Waals surface area contributed by atoms with Gasteiger partial charge in [-0.15, -0.1) is 0 Å². The van der Waals surface area contributed by atoms with Crippen LogP contribution in [0.2, 0.25) is 0 Å². The Balaban J connectivity index is 2.42. The van der Waals surface area contributed by atoms with E-state index in [9.17, 15) is 9.59 Å². The highest BCUT2D eigenvalue weighted by atomic mass is 16.4. The molecule has 1 atom stereocenters. The fraction of sp³-hybridized carbons (Fsp3) is 0.800. The van der Waals surface area contributed by atoms with Crippen molar-refractivity contribution in [3.05, 3.63) is 0 Å². The third kappa shape index (κ3) is 4.18. The molecule has 1 rings (SSSR count). The van der Waals surface area contributed by atoms with Crippen LogP contribution < -0.4 is 11.1 Å². The monoisotopic (exact) mass is 214 g/mol. The second kappa shape index (κ2) is 5.58. The molecule has 0 radical (unpaired) electrons. The van der Waals surface area contributed by atoms with Gasteiger partial charge in [-0.1, -0.05) is 32.1 Å². The van der Waals surface area contributed by atoms with E-state index in [1.165, 1.54) is 19.3 Å². The number of rotatable bonds is 4. The summed E-state index contributed by atoms with van der Waals surface area (Å²) in [5.74, 6) is -0.147. The molecule has 15 heavy (non-hydrogen) atoms. The molecule has 1 aliphatic carbocycles. The minimum absolute atomic E-state index is 0.433. The lowest BCUT2D eigenvalue weighted by molar-refractivity contribution is -0.120. The van der Waals surface area contributed by atoms with Crippen molar-refractivity contribution in [2.75, 3.05) is 0 Å². The summed E-state index contributed by atoms with van der Waals surface area (Å²) >= 11 is 0. The van der Waals surface area contributed by atoms with E-state index < -0.39 is 18.0 Å². The second-order valence-electron chi connectivity index (χ2n) is 4.14. The van der Waals surface area contributed by atoms with Crippen LogP contribution in [-0.4, -0.2) is 23.1 Å². The maximum Gasteiger partial charge on any atom is 0.405 e. The minimum atomic E-state index is -1.19. The molecule has 0 saturated heterocycles. The smallest absolute Gasteiger partial charge is 0.405 e. The van der Waals surface area contributed by atoms with Gasteiger partial charge in [0.15, 0.2) is 0 Å². The van der Waals surface area contributed by atoms with Crippen molar-refractivity contribution in [3.8, 4) is 0 Å². The average molecular weight is 214 g/mol. The molecule has 86 valence electrons. The molecule has 4 N–H and O–H groups in total. The Hall–Kier alpha value is -1.26. The van der Waals surface area contributed by atoms with Crippen LogP contribution in [-0.2, 0) is 4.79 Å². The largest absolute Gasteiger partial charge is 0.465 e. The Morgan fingerprint density at radius 2 is 1.93 bits per heavy atom. The lowest BCUT2D eigenvalue weighted by Gasteiger charge is -2.24. The van der Waals surface area contributed by atoms with Crippen LogP contribution in [0.3, 0.4) is 0 Å². The summed E-state index contributed by atoms with van der Waals surface area (Å²) in [7, 11) is 0. The predicted octanol–water partition coefficient (Wildman–Crippen LogP) is 1.08. The van der Waals surface area contributed by atoms with E-state index in [1.54, 1.807) is 0 Å². The first kappa shape index (κ1) is 11.8. The quantitative estimate of drug-likeness (QED) is 0.653. The van der Waals surface area contributed by atoms with Crippen LogP contribution in [0.4, 0.5) is 4.79 Å². The third-order valence-corrected chi connectivity index (χ3v) is 2.93. The highest BCUT2D eigenvalue weighted by Gasteiger charge is 2.23. The molecular weight excluding hydrogens is 196 g/mol. The van der Waals surface area contributed by atoms with Crippen molar-refractivity contribution >= 4 is 12.0 Å². The standard InChI is InChI=1S/C10H18N2O3/c11-9(13)8(12-10(14)15)6-7-4-2-1-3-5-7/h7-8,12H,1-6H2,(H2,11,13)(H,14,15). The van der Waals surface area contributed by atoms with Gasteiger partial charge in [-0.3, -0.25) is 4.79 Å². The Morgan fingerprint density at radius 1 is 1.33 bits per heavy atom. The Labute approximate surface area is 89.0 Å². The zero-order valence-electron chi connectivity index (χ0n) is 8.74. The third-order valence-electron chi connectivity index (χ3n) is 2.93. The molecule has 5 nitrogen and oxygen atoms in total. The lowest BCUT2D eigenvalue weighted by Crippen LogP contribution is -2.45. The summed E-state index contributed by atoms with van der Waals surface area (Å²) in [6.45, 7) is 0. The van der Waals surface area contributed by atoms with E-state index in [2.05, 4.69) is 5.32 Å². The lowest BCUT2D eigenvalue weighted by atomic mass is 9.84. The number of primary amides is 1. The van der Waals surface area contributed by atoms with E-state index in [-0.39, 0.29) is 0 Å². The van der Waals surface area contributed by atoms with Gasteiger partial charge in [0.05, 0.1) is 0 Å². The van der Waals surface area contributed by atoms with Crippen molar-refractivity contribution in [1.82, 2.24) is 5.32 Å². The molecule has 1 unspecified atom stereocenters. The number of hydrogen-bond donors (Lipinski definition) is 3. The van der Waals surface area contributed by atoms with Gasteiger partial charge in [-0.2, -0.15) is 0 Å². The highest BCUT2D eigenvalue weighted by molar-refractivity contribution is 5.83. The normalized spacial score (nSPS) is 19.5. The SMILES string of the molecule is NC(=O)C(CC1CCCCC1)NC(=O)O. The van der Waals surface area contributed by atoms with E-state index in [4.69, 9.17) is 10.8 Å². The Bertz CT molecular complexity index is 237. The molecular formula is C10H18N2O3. The van der Waals surface area contributed by atoms with Crippen molar-refractivity contribution in [1.29, 1.82) is 0 Å². The molecule has 1 fully saturated rings. The molecule has 1 aliphatic rings. The van der Waals surface area contributed by atoms with Gasteiger partial charge in [-0.25, -0.2) is 4.79 Å². The molecule has 5 heteroatoms. The fourth-order valence-corrected chi connectivity index (χ4v) is 2.15. The fourth-order valence-electron chi connectivity index (χ4n) is 2.15. The van der Waals surface area contributed by atoms with Gasteiger partial charge in [0.25, 0.3) is 0 Å². The number of nitrogens with one attached hydrogen (secondary N) is 1. The maximum absolute atomic E-state index is 11.0. The number of carbonyl (C=O) groups excluding carboxylic acids is 1. The maximum atomic E-state index is 11.0. The first-order valence-electron chi connectivity index (χ1n) is 5.38. The van der Waals surface area contributed by atoms with Crippen LogP contribution in [0.1, 0.15) is 38.5 Å². The van der Waals surface area contributed by atoms with Crippen molar-refractivity contribution in [2.24, 2.45) is 11.7 Å². The van der Waals surface area contributed by atoms with Crippen LogP contribution in [0.25, 0.3) is 0 Å². The summed E-state index contributed by atoms with van der Waals surface area (Å²) < 4.78 is 0. The van der Waals surface area contributed by atoms with Gasteiger partial charge in [0.1, 0.15) is 6.04 Å². The van der Waals surface area contributed by atoms with Gasteiger partial charge in [0, 0.05) is 0 Å². The summed E-state index contributed by atoms with van der Waals surface area (Å²) in [4.78, 5) is 21.4. The molecule has 0 aromatic heterocycles.